The molecule has 0 atom stereocenters. The first kappa shape index (κ1) is 23.4. The first-order valence-corrected chi connectivity index (χ1v) is 13.0. The molecular weight excluding hydrogens is 460 g/mol. The average molecular weight is 493 g/mol. The van der Waals surface area contributed by atoms with Gasteiger partial charge in [0.25, 0.3) is 0 Å². The lowest BCUT2D eigenvalue weighted by Crippen LogP contribution is -2.46. The maximum absolute atomic E-state index is 6.29. The lowest BCUT2D eigenvalue weighted by atomic mass is 10.1. The Morgan fingerprint density at radius 2 is 1.65 bits per heavy atom. The molecule has 1 fully saturated rings. The number of hydrogen-bond acceptors (Lipinski definition) is 5. The van der Waals surface area contributed by atoms with Crippen molar-refractivity contribution in [3.63, 3.8) is 0 Å². The molecule has 188 valence electrons. The summed E-state index contributed by atoms with van der Waals surface area (Å²) in [6, 6.07) is 24.7. The van der Waals surface area contributed by atoms with Gasteiger partial charge in [-0.05, 0) is 67.4 Å². The van der Waals surface area contributed by atoms with E-state index in [4.69, 9.17) is 9.47 Å². The molecule has 6 rings (SSSR count). The Kier molecular flexibility index (Phi) is 6.65. The van der Waals surface area contributed by atoms with Crippen LogP contribution in [0.2, 0.25) is 0 Å². The number of aryl methyl sites for hydroxylation is 1. The molecule has 0 bridgehead atoms. The van der Waals surface area contributed by atoms with Gasteiger partial charge in [-0.3, -0.25) is 9.88 Å². The van der Waals surface area contributed by atoms with Crippen molar-refractivity contribution in [1.82, 2.24) is 14.9 Å². The Balaban J connectivity index is 1.06. The lowest BCUT2D eigenvalue weighted by molar-refractivity contribution is 0.254. The number of nitrogens with one attached hydrogen (secondary N) is 1. The van der Waals surface area contributed by atoms with E-state index in [2.05, 4.69) is 56.3 Å². The van der Waals surface area contributed by atoms with Gasteiger partial charge >= 0.3 is 0 Å². The van der Waals surface area contributed by atoms with Crippen LogP contribution in [0, 0.1) is 0 Å². The van der Waals surface area contributed by atoms with Crippen molar-refractivity contribution >= 4 is 27.5 Å². The first-order chi connectivity index (χ1) is 18.3. The van der Waals surface area contributed by atoms with Crippen molar-refractivity contribution in [1.29, 1.82) is 0 Å². The van der Waals surface area contributed by atoms with Crippen LogP contribution >= 0.6 is 0 Å². The number of methoxy groups -OCH3 is 1. The molecule has 0 aliphatic carbocycles. The molecule has 0 saturated carbocycles. The molecule has 6 heteroatoms. The quantitative estimate of drug-likeness (QED) is 0.277. The minimum absolute atomic E-state index is 0.733. The van der Waals surface area contributed by atoms with Crippen LogP contribution in [0.5, 0.6) is 17.2 Å². The van der Waals surface area contributed by atoms with Crippen LogP contribution in [0.25, 0.3) is 21.8 Å². The van der Waals surface area contributed by atoms with Gasteiger partial charge in [0, 0.05) is 54.9 Å². The van der Waals surface area contributed by atoms with Crippen molar-refractivity contribution in [2.75, 3.05) is 44.7 Å². The summed E-state index contributed by atoms with van der Waals surface area (Å²) in [6.07, 6.45) is 6.21. The van der Waals surface area contributed by atoms with Gasteiger partial charge in [-0.25, -0.2) is 0 Å². The zero-order valence-corrected chi connectivity index (χ0v) is 21.2. The summed E-state index contributed by atoms with van der Waals surface area (Å²) in [5.74, 6) is 2.33. The summed E-state index contributed by atoms with van der Waals surface area (Å²) in [5, 5.41) is 2.47. The molecular formula is C31H32N4O2. The van der Waals surface area contributed by atoms with Gasteiger partial charge in [0.05, 0.1) is 18.3 Å². The van der Waals surface area contributed by atoms with Crippen LogP contribution in [0.15, 0.2) is 85.2 Å². The zero-order chi connectivity index (χ0) is 25.0. The van der Waals surface area contributed by atoms with Gasteiger partial charge in [-0.2, -0.15) is 0 Å². The standard InChI is InChI=1S/C31H32N4O2/c1-36-30-12-4-5-13-31(30)37-29-11-3-2-10-28(29)35-18-16-34(17-19-35)15-7-9-24-22-33-27-20-23-8-6-14-32-26(23)21-25(24)27/h2-6,8,10-14,20-22,32H,7,9,15-19H2,1H3. The number of benzene rings is 3. The summed E-state index contributed by atoms with van der Waals surface area (Å²) in [6.45, 7) is 5.15. The van der Waals surface area contributed by atoms with Crippen LogP contribution in [0.3, 0.4) is 0 Å². The fraction of sp³-hybridized carbons (Fsp3) is 0.258. The number of ether oxygens (including phenoxy) is 2. The molecule has 1 saturated heterocycles. The fourth-order valence-electron chi connectivity index (χ4n) is 5.27. The molecule has 1 aliphatic heterocycles. The summed E-state index contributed by atoms with van der Waals surface area (Å²) in [5.41, 5.74) is 4.72. The van der Waals surface area contributed by atoms with E-state index in [0.717, 1.165) is 79.5 Å². The van der Waals surface area contributed by atoms with E-state index in [9.17, 15) is 0 Å². The third-order valence-corrected chi connectivity index (χ3v) is 7.27. The summed E-state index contributed by atoms with van der Waals surface area (Å²) >= 11 is 0. The third kappa shape index (κ3) is 4.98. The minimum atomic E-state index is 0.733. The van der Waals surface area contributed by atoms with Crippen molar-refractivity contribution in [3.8, 4) is 17.2 Å². The highest BCUT2D eigenvalue weighted by Gasteiger charge is 2.20. The topological polar surface area (TPSA) is 53.6 Å². The summed E-state index contributed by atoms with van der Waals surface area (Å²) in [7, 11) is 1.67. The van der Waals surface area contributed by atoms with Crippen molar-refractivity contribution < 1.29 is 9.47 Å². The largest absolute Gasteiger partial charge is 0.493 e. The van der Waals surface area contributed by atoms with Gasteiger partial charge in [-0.1, -0.05) is 30.3 Å². The maximum Gasteiger partial charge on any atom is 0.169 e. The predicted molar refractivity (Wildman–Crippen MR) is 150 cm³/mol. The third-order valence-electron chi connectivity index (χ3n) is 7.27. The SMILES string of the molecule is COc1ccccc1Oc1ccccc1N1CCN(CCCc2cnc3cc4ccc[nH]c4cc23)CC1. The molecule has 0 amide bonds. The number of piperazine rings is 1. The van der Waals surface area contributed by atoms with E-state index in [1.807, 2.05) is 48.7 Å². The molecule has 37 heavy (non-hydrogen) atoms. The number of aromatic amines is 1. The molecule has 0 spiro atoms. The summed E-state index contributed by atoms with van der Waals surface area (Å²) < 4.78 is 11.8. The van der Waals surface area contributed by atoms with E-state index in [1.54, 1.807) is 7.11 Å². The predicted octanol–water partition coefficient (Wildman–Crippen LogP) is 6.27. The monoisotopic (exact) mass is 492 g/mol. The van der Waals surface area contributed by atoms with E-state index in [-0.39, 0.29) is 0 Å². The van der Waals surface area contributed by atoms with Gasteiger partial charge in [0.1, 0.15) is 0 Å². The first-order valence-electron chi connectivity index (χ1n) is 13.0. The van der Waals surface area contributed by atoms with E-state index >= 15 is 0 Å². The second-order valence-electron chi connectivity index (χ2n) is 9.56. The lowest BCUT2D eigenvalue weighted by Gasteiger charge is -2.36. The Morgan fingerprint density at radius 1 is 0.865 bits per heavy atom. The Bertz CT molecular complexity index is 1500. The van der Waals surface area contributed by atoms with Gasteiger partial charge < -0.3 is 19.4 Å². The normalized spacial score (nSPS) is 14.4. The number of fused-ring (bicyclic) bond motifs is 2. The highest BCUT2D eigenvalue weighted by atomic mass is 16.5. The van der Waals surface area contributed by atoms with Crippen LogP contribution < -0.4 is 14.4 Å². The van der Waals surface area contributed by atoms with E-state index in [1.165, 1.54) is 16.3 Å². The zero-order valence-electron chi connectivity index (χ0n) is 21.2. The highest BCUT2D eigenvalue weighted by molar-refractivity contribution is 5.96. The molecule has 0 radical (unpaired) electrons. The number of anilines is 1. The number of hydrogen-bond donors (Lipinski definition) is 1. The molecule has 2 aromatic heterocycles. The Labute approximate surface area is 217 Å². The number of rotatable bonds is 8. The molecule has 5 aromatic rings. The number of pyridine rings is 1. The molecule has 0 unspecified atom stereocenters. The number of para-hydroxylation sites is 4. The number of aromatic nitrogens is 2. The highest BCUT2D eigenvalue weighted by Crippen LogP contribution is 2.36. The van der Waals surface area contributed by atoms with E-state index < -0.39 is 0 Å². The summed E-state index contributed by atoms with van der Waals surface area (Å²) in [4.78, 5) is 13.0. The second-order valence-corrected chi connectivity index (χ2v) is 9.56. The molecule has 3 aromatic carbocycles. The molecule has 1 N–H and O–H groups in total. The maximum atomic E-state index is 6.29. The van der Waals surface area contributed by atoms with Crippen LogP contribution in [0.1, 0.15) is 12.0 Å². The fourth-order valence-corrected chi connectivity index (χ4v) is 5.27. The van der Waals surface area contributed by atoms with Crippen LogP contribution in [-0.4, -0.2) is 54.7 Å². The van der Waals surface area contributed by atoms with Crippen molar-refractivity contribution in [2.45, 2.75) is 12.8 Å². The van der Waals surface area contributed by atoms with E-state index in [0.29, 0.717) is 0 Å². The second kappa shape index (κ2) is 10.5. The van der Waals surface area contributed by atoms with Crippen LogP contribution in [-0.2, 0) is 6.42 Å². The average Bonchev–Trinajstić information content (AvgIpc) is 3.34. The molecule has 1 aliphatic rings. The van der Waals surface area contributed by atoms with Gasteiger partial charge in [0.15, 0.2) is 17.2 Å². The van der Waals surface area contributed by atoms with Crippen molar-refractivity contribution in [3.05, 3.63) is 90.8 Å². The minimum Gasteiger partial charge on any atom is -0.493 e. The van der Waals surface area contributed by atoms with Crippen LogP contribution in [0.4, 0.5) is 5.69 Å². The Morgan fingerprint density at radius 3 is 2.49 bits per heavy atom. The number of nitrogens with zero attached hydrogens (tertiary/aromatic N) is 3. The van der Waals surface area contributed by atoms with Gasteiger partial charge in [0.2, 0.25) is 0 Å². The molecule has 6 nitrogen and oxygen atoms in total. The van der Waals surface area contributed by atoms with Gasteiger partial charge in [-0.15, -0.1) is 0 Å². The Hall–Kier alpha value is -4.03. The number of H-pyrrole nitrogens is 1. The van der Waals surface area contributed by atoms with Crippen molar-refractivity contribution in [2.24, 2.45) is 0 Å². The smallest absolute Gasteiger partial charge is 0.169 e. The molecule has 3 heterocycles.